The summed E-state index contributed by atoms with van der Waals surface area (Å²) in [5, 5.41) is 9.88. The zero-order chi connectivity index (χ0) is 20.9. The minimum Gasteiger partial charge on any atom is -0.493 e. The van der Waals surface area contributed by atoms with Gasteiger partial charge in [-0.15, -0.1) is 10.2 Å². The van der Waals surface area contributed by atoms with Gasteiger partial charge in [0.1, 0.15) is 12.4 Å². The zero-order valence-electron chi connectivity index (χ0n) is 16.7. The van der Waals surface area contributed by atoms with Gasteiger partial charge in [0, 0.05) is 6.54 Å². The molecule has 0 atom stereocenters. The average Bonchev–Trinajstić information content (AvgIpc) is 3.18. The Balaban J connectivity index is 1.48. The minimum absolute atomic E-state index is 0.140. The Kier molecular flexibility index (Phi) is 5.99. The number of aromatic amines is 1. The number of H-pyrrole nitrogens is 1. The maximum absolute atomic E-state index is 12.2. The van der Waals surface area contributed by atoms with Crippen LogP contribution in [-0.2, 0) is 18.9 Å². The van der Waals surface area contributed by atoms with E-state index in [0.717, 1.165) is 5.16 Å². The van der Waals surface area contributed by atoms with Crippen molar-refractivity contribution in [2.75, 3.05) is 7.11 Å². The Labute approximate surface area is 177 Å². The van der Waals surface area contributed by atoms with E-state index in [9.17, 15) is 4.79 Å². The van der Waals surface area contributed by atoms with Crippen LogP contribution >= 0.6 is 11.8 Å². The van der Waals surface area contributed by atoms with E-state index in [1.54, 1.807) is 13.2 Å². The third-order valence-electron chi connectivity index (χ3n) is 4.54. The molecular weight excluding hydrogens is 402 g/mol. The second-order valence-corrected chi connectivity index (χ2v) is 7.34. The van der Waals surface area contributed by atoms with Crippen LogP contribution in [0.25, 0.3) is 10.9 Å². The molecular formula is C21H21N5O3S. The Morgan fingerprint density at radius 2 is 1.83 bits per heavy atom. The molecule has 2 heterocycles. The highest BCUT2D eigenvalue weighted by atomic mass is 32.2. The van der Waals surface area contributed by atoms with Gasteiger partial charge in [-0.2, -0.15) is 0 Å². The standard InChI is InChI=1S/C21H21N5O3S/c1-3-26-19(12-29-17-11-7-6-10-16(17)28-2)24-25-21(26)30-13-18-22-15-9-5-4-8-14(15)20(27)23-18/h4-11H,3,12-13H2,1-2H3,(H,22,23,27). The van der Waals surface area contributed by atoms with Crippen molar-refractivity contribution in [2.24, 2.45) is 0 Å². The van der Waals surface area contributed by atoms with Crippen LogP contribution in [0.3, 0.4) is 0 Å². The minimum atomic E-state index is -0.140. The molecule has 9 heteroatoms. The van der Waals surface area contributed by atoms with Crippen LogP contribution in [0.1, 0.15) is 18.6 Å². The summed E-state index contributed by atoms with van der Waals surface area (Å²) in [5.74, 6) is 3.11. The monoisotopic (exact) mass is 423 g/mol. The molecule has 2 aromatic heterocycles. The molecule has 4 rings (SSSR count). The number of thioether (sulfide) groups is 1. The topological polar surface area (TPSA) is 94.9 Å². The molecule has 0 radical (unpaired) electrons. The molecule has 2 aromatic carbocycles. The summed E-state index contributed by atoms with van der Waals surface area (Å²) in [7, 11) is 1.61. The number of benzene rings is 2. The Morgan fingerprint density at radius 1 is 1.07 bits per heavy atom. The summed E-state index contributed by atoms with van der Waals surface area (Å²) in [6, 6.07) is 14.8. The fourth-order valence-electron chi connectivity index (χ4n) is 3.07. The fourth-order valence-corrected chi connectivity index (χ4v) is 3.96. The molecule has 0 aliphatic carbocycles. The van der Waals surface area contributed by atoms with E-state index in [1.165, 1.54) is 11.8 Å². The molecule has 154 valence electrons. The van der Waals surface area contributed by atoms with Crippen molar-refractivity contribution in [3.63, 3.8) is 0 Å². The molecule has 0 spiro atoms. The van der Waals surface area contributed by atoms with Gasteiger partial charge in [0.15, 0.2) is 22.5 Å². The van der Waals surface area contributed by atoms with E-state index >= 15 is 0 Å². The van der Waals surface area contributed by atoms with Gasteiger partial charge in [0.05, 0.1) is 23.8 Å². The number of nitrogens with zero attached hydrogens (tertiary/aromatic N) is 4. The summed E-state index contributed by atoms with van der Waals surface area (Å²) >= 11 is 1.47. The lowest BCUT2D eigenvalue weighted by Crippen LogP contribution is -2.11. The van der Waals surface area contributed by atoms with Crippen molar-refractivity contribution >= 4 is 22.7 Å². The number of aromatic nitrogens is 5. The van der Waals surface area contributed by atoms with Gasteiger partial charge in [-0.3, -0.25) is 4.79 Å². The van der Waals surface area contributed by atoms with Gasteiger partial charge in [-0.05, 0) is 31.2 Å². The predicted molar refractivity (Wildman–Crippen MR) is 115 cm³/mol. The summed E-state index contributed by atoms with van der Waals surface area (Å²) in [6.45, 7) is 2.99. The van der Waals surface area contributed by atoms with Crippen LogP contribution in [0.4, 0.5) is 0 Å². The molecule has 0 bridgehead atoms. The largest absolute Gasteiger partial charge is 0.493 e. The number of para-hydroxylation sites is 3. The molecule has 0 aliphatic rings. The molecule has 0 saturated heterocycles. The number of methoxy groups -OCH3 is 1. The Bertz CT molecular complexity index is 1220. The molecule has 0 amide bonds. The Morgan fingerprint density at radius 3 is 2.63 bits per heavy atom. The third-order valence-corrected chi connectivity index (χ3v) is 5.51. The molecule has 0 unspecified atom stereocenters. The summed E-state index contributed by atoms with van der Waals surface area (Å²) < 4.78 is 13.2. The van der Waals surface area contributed by atoms with Gasteiger partial charge in [-0.1, -0.05) is 36.0 Å². The first-order chi connectivity index (χ1) is 14.7. The maximum atomic E-state index is 12.2. The lowest BCUT2D eigenvalue weighted by atomic mass is 10.2. The number of nitrogens with one attached hydrogen (secondary N) is 1. The Hall–Kier alpha value is -3.33. The van der Waals surface area contributed by atoms with Gasteiger partial charge in [0.2, 0.25) is 0 Å². The third kappa shape index (κ3) is 4.16. The van der Waals surface area contributed by atoms with Gasteiger partial charge in [-0.25, -0.2) is 4.98 Å². The number of hydrogen-bond donors (Lipinski definition) is 1. The normalized spacial score (nSPS) is 11.0. The van der Waals surface area contributed by atoms with Crippen molar-refractivity contribution in [1.29, 1.82) is 0 Å². The van der Waals surface area contributed by atoms with Crippen LogP contribution in [-0.4, -0.2) is 31.8 Å². The van der Waals surface area contributed by atoms with Crippen LogP contribution in [0.5, 0.6) is 11.5 Å². The molecule has 0 fully saturated rings. The summed E-state index contributed by atoms with van der Waals surface area (Å²) in [4.78, 5) is 19.6. The van der Waals surface area contributed by atoms with Crippen LogP contribution in [0.15, 0.2) is 58.5 Å². The molecule has 0 saturated carbocycles. The molecule has 8 nitrogen and oxygen atoms in total. The van der Waals surface area contributed by atoms with Crippen molar-refractivity contribution < 1.29 is 9.47 Å². The predicted octanol–water partition coefficient (Wildman–Crippen LogP) is 3.41. The first kappa shape index (κ1) is 20.0. The van der Waals surface area contributed by atoms with Crippen molar-refractivity contribution in [2.45, 2.75) is 31.0 Å². The number of fused-ring (bicyclic) bond motifs is 1. The second-order valence-electron chi connectivity index (χ2n) is 6.40. The van der Waals surface area contributed by atoms with E-state index in [4.69, 9.17) is 9.47 Å². The summed E-state index contributed by atoms with van der Waals surface area (Å²) in [5.41, 5.74) is 0.541. The van der Waals surface area contributed by atoms with E-state index in [2.05, 4.69) is 20.2 Å². The first-order valence-electron chi connectivity index (χ1n) is 9.48. The lowest BCUT2D eigenvalue weighted by molar-refractivity contribution is 0.270. The average molecular weight is 423 g/mol. The van der Waals surface area contributed by atoms with Crippen LogP contribution in [0, 0.1) is 0 Å². The van der Waals surface area contributed by atoms with Crippen molar-refractivity contribution in [3.05, 3.63) is 70.5 Å². The van der Waals surface area contributed by atoms with E-state index in [0.29, 0.717) is 46.3 Å². The molecule has 30 heavy (non-hydrogen) atoms. The molecule has 4 aromatic rings. The highest BCUT2D eigenvalue weighted by Crippen LogP contribution is 2.27. The summed E-state index contributed by atoms with van der Waals surface area (Å²) in [6.07, 6.45) is 0. The van der Waals surface area contributed by atoms with Gasteiger partial charge in [0.25, 0.3) is 5.56 Å². The van der Waals surface area contributed by atoms with Gasteiger partial charge < -0.3 is 19.0 Å². The van der Waals surface area contributed by atoms with E-state index < -0.39 is 0 Å². The fraction of sp³-hybridized carbons (Fsp3) is 0.238. The number of hydrogen-bond acceptors (Lipinski definition) is 7. The highest BCUT2D eigenvalue weighted by Gasteiger charge is 2.14. The number of rotatable bonds is 8. The maximum Gasteiger partial charge on any atom is 0.258 e. The van der Waals surface area contributed by atoms with Crippen molar-refractivity contribution in [1.82, 2.24) is 24.7 Å². The number of ether oxygens (including phenoxy) is 2. The van der Waals surface area contributed by atoms with Crippen LogP contribution in [0.2, 0.25) is 0 Å². The molecule has 0 aliphatic heterocycles. The quantitative estimate of drug-likeness (QED) is 0.434. The van der Waals surface area contributed by atoms with E-state index in [-0.39, 0.29) is 12.2 Å². The first-order valence-corrected chi connectivity index (χ1v) is 10.5. The van der Waals surface area contributed by atoms with Crippen molar-refractivity contribution in [3.8, 4) is 11.5 Å². The van der Waals surface area contributed by atoms with E-state index in [1.807, 2.05) is 54.0 Å². The van der Waals surface area contributed by atoms with Gasteiger partial charge >= 0.3 is 0 Å². The lowest BCUT2D eigenvalue weighted by Gasteiger charge is -2.11. The SMILES string of the molecule is CCn1c(COc2ccccc2OC)nnc1SCc1nc2ccccc2c(=O)[nH]1. The highest BCUT2D eigenvalue weighted by molar-refractivity contribution is 7.98. The smallest absolute Gasteiger partial charge is 0.258 e. The second kappa shape index (κ2) is 9.00. The zero-order valence-corrected chi connectivity index (χ0v) is 17.5. The van der Waals surface area contributed by atoms with Crippen LogP contribution < -0.4 is 15.0 Å². The molecule has 1 N–H and O–H groups in total.